The Balaban J connectivity index is 3.12. The van der Waals surface area contributed by atoms with Crippen molar-refractivity contribution in [3.63, 3.8) is 0 Å². The number of hydrogen-bond donors (Lipinski definition) is 0. The fourth-order valence-corrected chi connectivity index (χ4v) is 30.8. The van der Waals surface area contributed by atoms with Crippen molar-refractivity contribution in [1.29, 1.82) is 0 Å². The van der Waals surface area contributed by atoms with Crippen molar-refractivity contribution < 1.29 is 16.5 Å². The molecule has 0 aromatic carbocycles. The Labute approximate surface area is 281 Å². The van der Waals surface area contributed by atoms with E-state index in [1.807, 2.05) is 0 Å². The molecule has 0 unspecified atom stereocenters. The molecule has 1 fully saturated rings. The first kappa shape index (κ1) is 42.7. The summed E-state index contributed by atoms with van der Waals surface area (Å²) in [6.07, 6.45) is 31.6. The summed E-state index contributed by atoms with van der Waals surface area (Å²) in [5.74, 6) is 0. The van der Waals surface area contributed by atoms with Crippen LogP contribution in [-0.2, 0) is 16.5 Å². The Morgan fingerprint density at radius 2 is 0.409 bits per heavy atom. The van der Waals surface area contributed by atoms with Crippen molar-refractivity contribution in [2.24, 2.45) is 0 Å². The van der Waals surface area contributed by atoms with Gasteiger partial charge in [-0.2, -0.15) is 0 Å². The molecule has 0 saturated carbocycles. The second-order valence-electron chi connectivity index (χ2n) is 15.0. The predicted molar refractivity (Wildman–Crippen MR) is 204 cm³/mol. The third kappa shape index (κ3) is 20.2. The van der Waals surface area contributed by atoms with E-state index in [1.54, 1.807) is 0 Å². The lowest BCUT2D eigenvalue weighted by Crippen LogP contribution is -2.67. The fraction of sp³-hybridized carbons (Fsp3) is 1.00. The maximum Gasteiger partial charge on any atom is 0.317 e. The lowest BCUT2D eigenvalue weighted by atomic mass is 10.1. The lowest BCUT2D eigenvalue weighted by molar-refractivity contribution is 0.219. The quantitative estimate of drug-likeness (QED) is 0.0605. The van der Waals surface area contributed by atoms with Gasteiger partial charge in [-0.15, -0.1) is 0 Å². The van der Waals surface area contributed by atoms with Gasteiger partial charge in [-0.1, -0.05) is 182 Å². The van der Waals surface area contributed by atoms with Crippen molar-refractivity contribution in [3.05, 3.63) is 0 Å². The van der Waals surface area contributed by atoms with E-state index < -0.39 is 34.2 Å². The Morgan fingerprint density at radius 1 is 0.250 bits per heavy atom. The normalized spacial score (nSPS) is 27.8. The molecule has 1 saturated heterocycles. The number of hydrogen-bond acceptors (Lipinski definition) is 4. The van der Waals surface area contributed by atoms with E-state index in [0.29, 0.717) is 0 Å². The minimum absolute atomic E-state index is 1.10. The Kier molecular flexibility index (Phi) is 24.1. The average molecular weight is 689 g/mol. The molecule has 0 spiro atoms. The first-order valence-electron chi connectivity index (χ1n) is 19.9. The Bertz CT molecular complexity index is 561. The van der Waals surface area contributed by atoms with Crippen molar-refractivity contribution in [2.75, 3.05) is 0 Å². The molecule has 8 heteroatoms. The highest BCUT2D eigenvalue weighted by atomic mass is 28.5. The Morgan fingerprint density at radius 3 is 0.591 bits per heavy atom. The lowest BCUT2D eigenvalue weighted by Gasteiger charge is -2.50. The van der Waals surface area contributed by atoms with Crippen molar-refractivity contribution in [2.45, 2.75) is 232 Å². The van der Waals surface area contributed by atoms with E-state index in [2.05, 4.69) is 53.9 Å². The molecular weight excluding hydrogens is 609 g/mol. The molecule has 0 bridgehead atoms. The molecule has 0 aromatic rings. The van der Waals surface area contributed by atoms with Crippen LogP contribution in [0.25, 0.3) is 0 Å². The number of rotatable bonds is 28. The van der Waals surface area contributed by atoms with Gasteiger partial charge in [0.25, 0.3) is 0 Å². The maximum atomic E-state index is 7.45. The van der Waals surface area contributed by atoms with E-state index in [9.17, 15) is 0 Å². The zero-order valence-corrected chi connectivity index (χ0v) is 35.4. The molecule has 0 amide bonds. The van der Waals surface area contributed by atoms with Gasteiger partial charge in [0.2, 0.25) is 0 Å². The largest absolute Gasteiger partial charge is 0.416 e. The standard InChI is InChI=1S/C36H80O4Si4/c1-9-13-17-21-25-29-33-41(5)37-42(6,34-30-26-22-18-14-10-2)39-44(8,36-32-28-24-20-16-12-4)40-43(7,38-41)35-31-27-23-19-15-11-3/h9-36H2,1-8H3. The van der Waals surface area contributed by atoms with E-state index in [4.69, 9.17) is 16.5 Å². The van der Waals surface area contributed by atoms with Crippen molar-refractivity contribution in [1.82, 2.24) is 0 Å². The van der Waals surface area contributed by atoms with Gasteiger partial charge in [-0.3, -0.25) is 0 Å². The van der Waals surface area contributed by atoms with Crippen LogP contribution < -0.4 is 0 Å². The molecule has 1 aliphatic heterocycles. The second kappa shape index (κ2) is 24.8. The van der Waals surface area contributed by atoms with Crippen LogP contribution in [0.2, 0.25) is 50.4 Å². The minimum atomic E-state index is -2.44. The number of unbranched alkanes of at least 4 members (excludes halogenated alkanes) is 20. The summed E-state index contributed by atoms with van der Waals surface area (Å²) < 4.78 is 29.8. The van der Waals surface area contributed by atoms with Gasteiger partial charge in [0.05, 0.1) is 0 Å². The molecule has 0 radical (unpaired) electrons. The van der Waals surface area contributed by atoms with Crippen LogP contribution >= 0.6 is 0 Å². The van der Waals surface area contributed by atoms with Gasteiger partial charge in [-0.05, 0) is 50.4 Å². The zero-order chi connectivity index (χ0) is 32.6. The van der Waals surface area contributed by atoms with Crippen LogP contribution in [0.15, 0.2) is 0 Å². The molecule has 1 rings (SSSR count). The molecule has 1 aliphatic rings. The highest BCUT2D eigenvalue weighted by Gasteiger charge is 2.56. The van der Waals surface area contributed by atoms with Crippen LogP contribution in [0.1, 0.15) is 182 Å². The van der Waals surface area contributed by atoms with E-state index in [0.717, 1.165) is 24.2 Å². The van der Waals surface area contributed by atoms with Crippen LogP contribution in [-0.4, -0.2) is 34.2 Å². The molecular formula is C36H80O4Si4. The Hall–Kier alpha value is 0.708. The van der Waals surface area contributed by atoms with Gasteiger partial charge >= 0.3 is 34.2 Å². The summed E-state index contributed by atoms with van der Waals surface area (Å²) in [4.78, 5) is 0. The SMILES string of the molecule is CCCCCCCC[Si]1(C)O[Si](C)(CCCCCCCC)O[Si](C)(CCCCCCCC)O[Si](C)(CCCCCCCC)O1. The molecule has 1 heterocycles. The minimum Gasteiger partial charge on any atom is -0.416 e. The third-order valence-electron chi connectivity index (χ3n) is 9.66. The van der Waals surface area contributed by atoms with Crippen LogP contribution in [0.5, 0.6) is 0 Å². The van der Waals surface area contributed by atoms with Gasteiger partial charge in [0.15, 0.2) is 0 Å². The topological polar surface area (TPSA) is 36.9 Å². The molecule has 0 aromatic heterocycles. The smallest absolute Gasteiger partial charge is 0.317 e. The summed E-state index contributed by atoms with van der Waals surface area (Å²) in [5, 5.41) is 0. The second-order valence-corrected chi connectivity index (χ2v) is 29.4. The highest BCUT2D eigenvalue weighted by molar-refractivity contribution is 6.93. The van der Waals surface area contributed by atoms with Crippen LogP contribution in [0, 0.1) is 0 Å². The van der Waals surface area contributed by atoms with E-state index >= 15 is 0 Å². The average Bonchev–Trinajstić information content (AvgIpc) is 2.95. The van der Waals surface area contributed by atoms with Gasteiger partial charge in [0, 0.05) is 0 Å². The first-order valence-corrected chi connectivity index (χ1v) is 30.0. The summed E-state index contributed by atoms with van der Waals surface area (Å²) in [6.45, 7) is 18.8. The summed E-state index contributed by atoms with van der Waals surface area (Å²) >= 11 is 0. The van der Waals surface area contributed by atoms with Gasteiger partial charge in [0.1, 0.15) is 0 Å². The van der Waals surface area contributed by atoms with Crippen LogP contribution in [0.4, 0.5) is 0 Å². The predicted octanol–water partition coefficient (Wildman–Crippen LogP) is 13.8. The van der Waals surface area contributed by atoms with Crippen LogP contribution in [0.3, 0.4) is 0 Å². The molecule has 0 N–H and O–H groups in total. The van der Waals surface area contributed by atoms with Gasteiger partial charge in [-0.25, -0.2) is 0 Å². The summed E-state index contributed by atoms with van der Waals surface area (Å²) in [5.41, 5.74) is 0. The molecule has 44 heavy (non-hydrogen) atoms. The van der Waals surface area contributed by atoms with E-state index in [1.165, 1.54) is 154 Å². The maximum absolute atomic E-state index is 7.45. The third-order valence-corrected chi connectivity index (χ3v) is 28.5. The molecule has 0 atom stereocenters. The monoisotopic (exact) mass is 689 g/mol. The fourth-order valence-electron chi connectivity index (χ4n) is 7.22. The summed E-state index contributed by atoms with van der Waals surface area (Å²) in [7, 11) is -9.76. The molecule has 4 nitrogen and oxygen atoms in total. The summed E-state index contributed by atoms with van der Waals surface area (Å²) in [6, 6.07) is 4.39. The highest BCUT2D eigenvalue weighted by Crippen LogP contribution is 2.39. The first-order chi connectivity index (χ1) is 21.1. The van der Waals surface area contributed by atoms with E-state index in [-0.39, 0.29) is 0 Å². The van der Waals surface area contributed by atoms with Crippen molar-refractivity contribution in [3.8, 4) is 0 Å². The van der Waals surface area contributed by atoms with Crippen molar-refractivity contribution >= 4 is 34.2 Å². The molecule has 0 aliphatic carbocycles. The van der Waals surface area contributed by atoms with Gasteiger partial charge < -0.3 is 16.5 Å². The molecule has 264 valence electrons. The zero-order valence-electron chi connectivity index (χ0n) is 31.4.